The standard InChI is InChI=1S/C22H41NO2/c1-4-5-6-7-8-9-10-11-12-13-14-22(21(23)25)16-19(3)18(2)15-20(22)17-24/h20,24H,4-17H2,1-3H3,(H2,23,25). The quantitative estimate of drug-likeness (QED) is 0.339. The molecule has 0 bridgehead atoms. The lowest BCUT2D eigenvalue weighted by Gasteiger charge is -2.42. The number of rotatable bonds is 13. The Kier molecular flexibility index (Phi) is 10.4. The molecule has 0 aliphatic heterocycles. The highest BCUT2D eigenvalue weighted by molar-refractivity contribution is 5.82. The fourth-order valence-electron chi connectivity index (χ4n) is 4.38. The highest BCUT2D eigenvalue weighted by Crippen LogP contribution is 2.47. The van der Waals surface area contributed by atoms with Crippen LogP contribution >= 0.6 is 0 Å². The maximum absolute atomic E-state index is 12.3. The number of nitrogens with two attached hydrogens (primary N) is 1. The van der Waals surface area contributed by atoms with Crippen molar-refractivity contribution in [2.45, 2.75) is 104 Å². The van der Waals surface area contributed by atoms with Gasteiger partial charge in [-0.1, -0.05) is 82.3 Å². The normalized spacial score (nSPS) is 23.9. The van der Waals surface area contributed by atoms with E-state index in [0.29, 0.717) is 0 Å². The molecule has 3 nitrogen and oxygen atoms in total. The van der Waals surface area contributed by atoms with E-state index in [0.717, 1.165) is 25.7 Å². The number of unbranched alkanes of at least 4 members (excludes halogenated alkanes) is 9. The third-order valence-corrected chi connectivity index (χ3v) is 6.33. The lowest BCUT2D eigenvalue weighted by Crippen LogP contribution is -2.47. The molecule has 0 radical (unpaired) electrons. The van der Waals surface area contributed by atoms with Gasteiger partial charge in [-0.2, -0.15) is 0 Å². The summed E-state index contributed by atoms with van der Waals surface area (Å²) in [5.41, 5.74) is 7.90. The Balaban J connectivity index is 2.35. The zero-order chi connectivity index (χ0) is 18.7. The molecular formula is C22H41NO2. The Morgan fingerprint density at radius 2 is 1.52 bits per heavy atom. The number of aliphatic hydroxyl groups is 1. The molecule has 0 heterocycles. The predicted octanol–water partition coefficient (Wildman–Crippen LogP) is 5.51. The number of primary amides is 1. The SMILES string of the molecule is CCCCCCCCCCCCC1(C(N)=O)CC(C)=C(C)CC1CO. The smallest absolute Gasteiger partial charge is 0.224 e. The van der Waals surface area contributed by atoms with E-state index < -0.39 is 5.41 Å². The molecule has 1 aliphatic rings. The van der Waals surface area contributed by atoms with Gasteiger partial charge in [0.2, 0.25) is 5.91 Å². The number of hydrogen-bond donors (Lipinski definition) is 2. The first-order chi connectivity index (χ1) is 12.0. The molecule has 0 aromatic heterocycles. The van der Waals surface area contributed by atoms with Crippen LogP contribution in [0.5, 0.6) is 0 Å². The summed E-state index contributed by atoms with van der Waals surface area (Å²) in [4.78, 5) is 12.3. The molecule has 0 aromatic rings. The molecule has 1 aliphatic carbocycles. The second-order valence-electron chi connectivity index (χ2n) is 8.27. The molecule has 3 N–H and O–H groups in total. The predicted molar refractivity (Wildman–Crippen MR) is 106 cm³/mol. The Morgan fingerprint density at radius 3 is 2.00 bits per heavy atom. The minimum absolute atomic E-state index is 0.00716. The molecule has 146 valence electrons. The Bertz CT molecular complexity index is 430. The second-order valence-corrected chi connectivity index (χ2v) is 8.27. The van der Waals surface area contributed by atoms with Crippen LogP contribution in [0, 0.1) is 11.3 Å². The number of aliphatic hydroxyl groups excluding tert-OH is 1. The summed E-state index contributed by atoms with van der Waals surface area (Å²) in [6.45, 7) is 6.54. The van der Waals surface area contributed by atoms with Crippen LogP contribution < -0.4 is 5.73 Å². The Hall–Kier alpha value is -0.830. The van der Waals surface area contributed by atoms with Gasteiger partial charge in [-0.25, -0.2) is 0 Å². The van der Waals surface area contributed by atoms with Gasteiger partial charge in [-0.3, -0.25) is 4.79 Å². The van der Waals surface area contributed by atoms with Gasteiger partial charge in [0, 0.05) is 12.5 Å². The van der Waals surface area contributed by atoms with Crippen LogP contribution in [-0.4, -0.2) is 17.6 Å². The van der Waals surface area contributed by atoms with E-state index >= 15 is 0 Å². The number of carbonyl (C=O) groups is 1. The first kappa shape index (κ1) is 22.2. The molecule has 1 rings (SSSR count). The zero-order valence-electron chi connectivity index (χ0n) is 16.9. The van der Waals surface area contributed by atoms with Crippen molar-refractivity contribution in [3.05, 3.63) is 11.1 Å². The molecule has 2 atom stereocenters. The van der Waals surface area contributed by atoms with Gasteiger partial charge in [0.15, 0.2) is 0 Å². The molecule has 3 heteroatoms. The zero-order valence-corrected chi connectivity index (χ0v) is 16.9. The molecular weight excluding hydrogens is 310 g/mol. The molecule has 0 fully saturated rings. The molecule has 0 aromatic carbocycles. The van der Waals surface area contributed by atoms with Crippen LogP contribution in [-0.2, 0) is 4.79 Å². The molecule has 2 unspecified atom stereocenters. The summed E-state index contributed by atoms with van der Waals surface area (Å²) >= 11 is 0. The maximum Gasteiger partial charge on any atom is 0.224 e. The maximum atomic E-state index is 12.3. The van der Waals surface area contributed by atoms with Gasteiger partial charge in [-0.15, -0.1) is 0 Å². The fourth-order valence-corrected chi connectivity index (χ4v) is 4.38. The first-order valence-electron chi connectivity index (χ1n) is 10.5. The van der Waals surface area contributed by atoms with Gasteiger partial charge in [0.25, 0.3) is 0 Å². The van der Waals surface area contributed by atoms with Gasteiger partial charge >= 0.3 is 0 Å². The number of carbonyl (C=O) groups excluding carboxylic acids is 1. The largest absolute Gasteiger partial charge is 0.396 e. The summed E-state index contributed by atoms with van der Waals surface area (Å²) in [6.07, 6.45) is 15.3. The Labute approximate surface area is 155 Å². The van der Waals surface area contributed by atoms with Gasteiger partial charge in [0.05, 0.1) is 5.41 Å². The lowest BCUT2D eigenvalue weighted by atomic mass is 9.62. The van der Waals surface area contributed by atoms with E-state index in [1.54, 1.807) is 0 Å². The van der Waals surface area contributed by atoms with E-state index in [1.165, 1.54) is 68.9 Å². The third-order valence-electron chi connectivity index (χ3n) is 6.33. The van der Waals surface area contributed by atoms with Crippen molar-refractivity contribution in [2.75, 3.05) is 6.61 Å². The minimum atomic E-state index is -0.529. The van der Waals surface area contributed by atoms with Gasteiger partial charge < -0.3 is 10.8 Å². The van der Waals surface area contributed by atoms with E-state index in [4.69, 9.17) is 5.73 Å². The average molecular weight is 352 g/mol. The van der Waals surface area contributed by atoms with E-state index in [1.807, 2.05) is 0 Å². The molecule has 0 saturated heterocycles. The highest BCUT2D eigenvalue weighted by atomic mass is 16.3. The van der Waals surface area contributed by atoms with Crippen LogP contribution in [0.4, 0.5) is 0 Å². The van der Waals surface area contributed by atoms with Crippen molar-refractivity contribution in [2.24, 2.45) is 17.1 Å². The molecule has 1 amide bonds. The van der Waals surface area contributed by atoms with Crippen LogP contribution in [0.25, 0.3) is 0 Å². The summed E-state index contributed by atoms with van der Waals surface area (Å²) in [5, 5.41) is 9.81. The minimum Gasteiger partial charge on any atom is -0.396 e. The van der Waals surface area contributed by atoms with Crippen LogP contribution in [0.2, 0.25) is 0 Å². The summed E-state index contributed by atoms with van der Waals surface area (Å²) < 4.78 is 0. The summed E-state index contributed by atoms with van der Waals surface area (Å²) in [6, 6.07) is 0. The van der Waals surface area contributed by atoms with Crippen molar-refractivity contribution < 1.29 is 9.90 Å². The highest BCUT2D eigenvalue weighted by Gasteiger charge is 2.45. The van der Waals surface area contributed by atoms with E-state index in [2.05, 4.69) is 20.8 Å². The first-order valence-corrected chi connectivity index (χ1v) is 10.5. The number of hydrogen-bond acceptors (Lipinski definition) is 2. The van der Waals surface area contributed by atoms with E-state index in [-0.39, 0.29) is 18.4 Å². The Morgan fingerprint density at radius 1 is 1.00 bits per heavy atom. The topological polar surface area (TPSA) is 63.3 Å². The number of allylic oxidation sites excluding steroid dienone is 2. The molecule has 0 spiro atoms. The lowest BCUT2D eigenvalue weighted by molar-refractivity contribution is -0.133. The van der Waals surface area contributed by atoms with Crippen molar-refractivity contribution in [1.82, 2.24) is 0 Å². The van der Waals surface area contributed by atoms with Gasteiger partial charge in [0.1, 0.15) is 0 Å². The fraction of sp³-hybridized carbons (Fsp3) is 0.864. The van der Waals surface area contributed by atoms with Crippen LogP contribution in [0.15, 0.2) is 11.1 Å². The summed E-state index contributed by atoms with van der Waals surface area (Å²) in [5.74, 6) is -0.221. The third kappa shape index (κ3) is 6.77. The van der Waals surface area contributed by atoms with Crippen LogP contribution in [0.3, 0.4) is 0 Å². The summed E-state index contributed by atoms with van der Waals surface area (Å²) in [7, 11) is 0. The van der Waals surface area contributed by atoms with Crippen molar-refractivity contribution in [1.29, 1.82) is 0 Å². The van der Waals surface area contributed by atoms with Crippen LogP contribution in [0.1, 0.15) is 104 Å². The van der Waals surface area contributed by atoms with E-state index in [9.17, 15) is 9.90 Å². The molecule has 0 saturated carbocycles. The number of amides is 1. The van der Waals surface area contributed by atoms with Gasteiger partial charge in [-0.05, 0) is 33.1 Å². The van der Waals surface area contributed by atoms with Crippen molar-refractivity contribution in [3.63, 3.8) is 0 Å². The second kappa shape index (κ2) is 11.7. The van der Waals surface area contributed by atoms with Crippen molar-refractivity contribution >= 4 is 5.91 Å². The average Bonchev–Trinajstić information content (AvgIpc) is 2.59. The monoisotopic (exact) mass is 351 g/mol. The van der Waals surface area contributed by atoms with Crippen molar-refractivity contribution in [3.8, 4) is 0 Å². The molecule has 25 heavy (non-hydrogen) atoms.